The highest BCUT2D eigenvalue weighted by Crippen LogP contribution is 2.23. The Kier molecular flexibility index (Phi) is 3.86. The number of benzene rings is 1. The molecule has 0 bridgehead atoms. The molecule has 1 heterocycles. The SMILES string of the molecule is Cc1cc(C)cc(C(=O)CC2CN(C(C)C)C2)c1. The maximum Gasteiger partial charge on any atom is 0.163 e. The molecule has 1 aliphatic heterocycles. The molecule has 0 atom stereocenters. The van der Waals surface area contributed by atoms with E-state index in [0.29, 0.717) is 24.2 Å². The van der Waals surface area contributed by atoms with Gasteiger partial charge < -0.3 is 4.90 Å². The zero-order valence-electron chi connectivity index (χ0n) is 11.9. The summed E-state index contributed by atoms with van der Waals surface area (Å²) in [5.41, 5.74) is 3.24. The third-order valence-corrected chi connectivity index (χ3v) is 3.73. The molecule has 1 aliphatic rings. The molecule has 0 aromatic heterocycles. The average molecular weight is 245 g/mol. The standard InChI is InChI=1S/C16H23NO/c1-11(2)17-9-14(10-17)8-16(18)15-6-12(3)5-13(4)7-15/h5-7,11,14H,8-10H2,1-4H3. The molecule has 0 amide bonds. The third-order valence-electron chi connectivity index (χ3n) is 3.73. The Morgan fingerprint density at radius 1 is 1.22 bits per heavy atom. The van der Waals surface area contributed by atoms with Crippen LogP contribution in [0, 0.1) is 19.8 Å². The molecular formula is C16H23NO. The number of carbonyl (C=O) groups excluding carboxylic acids is 1. The maximum atomic E-state index is 12.2. The molecule has 0 unspecified atom stereocenters. The van der Waals surface area contributed by atoms with Crippen molar-refractivity contribution >= 4 is 5.78 Å². The lowest BCUT2D eigenvalue weighted by molar-refractivity contribution is 0.0562. The van der Waals surface area contributed by atoms with Crippen LogP contribution in [0.4, 0.5) is 0 Å². The fourth-order valence-corrected chi connectivity index (χ4v) is 2.68. The van der Waals surface area contributed by atoms with Crippen molar-refractivity contribution in [2.45, 2.75) is 40.2 Å². The summed E-state index contributed by atoms with van der Waals surface area (Å²) in [4.78, 5) is 14.6. The van der Waals surface area contributed by atoms with Gasteiger partial charge in [0.15, 0.2) is 5.78 Å². The lowest BCUT2D eigenvalue weighted by Crippen LogP contribution is -2.50. The zero-order valence-corrected chi connectivity index (χ0v) is 11.9. The molecule has 2 rings (SSSR count). The highest BCUT2D eigenvalue weighted by Gasteiger charge is 2.30. The van der Waals surface area contributed by atoms with Crippen LogP contribution in [-0.2, 0) is 0 Å². The van der Waals surface area contributed by atoms with Crippen LogP contribution in [0.2, 0.25) is 0 Å². The second-order valence-corrected chi connectivity index (χ2v) is 5.92. The third kappa shape index (κ3) is 2.99. The van der Waals surface area contributed by atoms with Gasteiger partial charge in [0.2, 0.25) is 0 Å². The van der Waals surface area contributed by atoms with E-state index in [2.05, 4.69) is 24.8 Å². The Hall–Kier alpha value is -1.15. The molecule has 1 aromatic carbocycles. The quantitative estimate of drug-likeness (QED) is 0.759. The molecule has 1 fully saturated rings. The molecule has 0 radical (unpaired) electrons. The summed E-state index contributed by atoms with van der Waals surface area (Å²) in [6.07, 6.45) is 0.701. The number of hydrogen-bond acceptors (Lipinski definition) is 2. The lowest BCUT2D eigenvalue weighted by atomic mass is 9.90. The van der Waals surface area contributed by atoms with Crippen LogP contribution in [0.1, 0.15) is 41.8 Å². The molecule has 1 aromatic rings. The average Bonchev–Trinajstić information content (AvgIpc) is 2.20. The molecule has 18 heavy (non-hydrogen) atoms. The van der Waals surface area contributed by atoms with E-state index in [4.69, 9.17) is 0 Å². The van der Waals surface area contributed by atoms with Crippen LogP contribution in [0.15, 0.2) is 18.2 Å². The number of nitrogens with zero attached hydrogens (tertiary/aromatic N) is 1. The van der Waals surface area contributed by atoms with Crippen molar-refractivity contribution in [3.8, 4) is 0 Å². The number of hydrogen-bond donors (Lipinski definition) is 0. The highest BCUT2D eigenvalue weighted by molar-refractivity contribution is 5.96. The van der Waals surface area contributed by atoms with Crippen molar-refractivity contribution in [2.24, 2.45) is 5.92 Å². The van der Waals surface area contributed by atoms with E-state index in [1.807, 2.05) is 26.0 Å². The Balaban J connectivity index is 1.93. The van der Waals surface area contributed by atoms with E-state index >= 15 is 0 Å². The summed E-state index contributed by atoms with van der Waals surface area (Å²) in [5, 5.41) is 0. The number of carbonyl (C=O) groups is 1. The van der Waals surface area contributed by atoms with Crippen LogP contribution in [0.3, 0.4) is 0 Å². The van der Waals surface area contributed by atoms with E-state index < -0.39 is 0 Å². The lowest BCUT2D eigenvalue weighted by Gasteiger charge is -2.41. The Morgan fingerprint density at radius 3 is 2.28 bits per heavy atom. The van der Waals surface area contributed by atoms with E-state index in [1.54, 1.807) is 0 Å². The van der Waals surface area contributed by atoms with Crippen LogP contribution in [-0.4, -0.2) is 29.8 Å². The van der Waals surface area contributed by atoms with Crippen LogP contribution >= 0.6 is 0 Å². The van der Waals surface area contributed by atoms with Gasteiger partial charge in [-0.05, 0) is 45.7 Å². The minimum absolute atomic E-state index is 0.301. The van der Waals surface area contributed by atoms with Gasteiger partial charge in [0.05, 0.1) is 0 Å². The van der Waals surface area contributed by atoms with Gasteiger partial charge in [-0.2, -0.15) is 0 Å². The van der Waals surface area contributed by atoms with Gasteiger partial charge in [-0.15, -0.1) is 0 Å². The van der Waals surface area contributed by atoms with E-state index in [9.17, 15) is 4.79 Å². The van der Waals surface area contributed by atoms with Crippen molar-refractivity contribution in [1.29, 1.82) is 0 Å². The predicted molar refractivity (Wildman–Crippen MR) is 75.1 cm³/mol. The second-order valence-electron chi connectivity index (χ2n) is 5.92. The molecule has 0 N–H and O–H groups in total. The monoisotopic (exact) mass is 245 g/mol. The van der Waals surface area contributed by atoms with Gasteiger partial charge in [0.1, 0.15) is 0 Å². The Bertz CT molecular complexity index is 424. The van der Waals surface area contributed by atoms with Crippen molar-refractivity contribution in [3.05, 3.63) is 34.9 Å². The Labute approximate surface area is 110 Å². The van der Waals surface area contributed by atoms with Crippen molar-refractivity contribution in [3.63, 3.8) is 0 Å². The minimum atomic E-state index is 0.301. The summed E-state index contributed by atoms with van der Waals surface area (Å²) in [5.74, 6) is 0.857. The van der Waals surface area contributed by atoms with Gasteiger partial charge in [-0.1, -0.05) is 17.2 Å². The van der Waals surface area contributed by atoms with Crippen LogP contribution in [0.5, 0.6) is 0 Å². The van der Waals surface area contributed by atoms with Crippen LogP contribution in [0.25, 0.3) is 0 Å². The largest absolute Gasteiger partial charge is 0.300 e. The summed E-state index contributed by atoms with van der Waals surface area (Å²) in [7, 11) is 0. The molecule has 0 saturated carbocycles. The molecule has 1 saturated heterocycles. The summed E-state index contributed by atoms with van der Waals surface area (Å²) < 4.78 is 0. The first-order valence-corrected chi connectivity index (χ1v) is 6.81. The van der Waals surface area contributed by atoms with Gasteiger partial charge in [0, 0.05) is 31.1 Å². The summed E-state index contributed by atoms with van der Waals surface area (Å²) in [6.45, 7) is 10.7. The summed E-state index contributed by atoms with van der Waals surface area (Å²) >= 11 is 0. The maximum absolute atomic E-state index is 12.2. The topological polar surface area (TPSA) is 20.3 Å². The number of ketones is 1. The number of rotatable bonds is 4. The minimum Gasteiger partial charge on any atom is -0.300 e. The van der Waals surface area contributed by atoms with Gasteiger partial charge in [-0.3, -0.25) is 4.79 Å². The second kappa shape index (κ2) is 5.23. The first kappa shape index (κ1) is 13.3. The Morgan fingerprint density at radius 2 is 1.78 bits per heavy atom. The highest BCUT2D eigenvalue weighted by atomic mass is 16.1. The van der Waals surface area contributed by atoms with Gasteiger partial charge >= 0.3 is 0 Å². The van der Waals surface area contributed by atoms with E-state index in [1.165, 1.54) is 11.1 Å². The molecule has 98 valence electrons. The van der Waals surface area contributed by atoms with Crippen molar-refractivity contribution in [2.75, 3.05) is 13.1 Å². The van der Waals surface area contributed by atoms with Crippen molar-refractivity contribution < 1.29 is 4.79 Å². The predicted octanol–water partition coefficient (Wildman–Crippen LogP) is 3.22. The fraction of sp³-hybridized carbons (Fsp3) is 0.562. The number of likely N-dealkylation sites (tertiary alicyclic amines) is 1. The zero-order chi connectivity index (χ0) is 13.3. The molecule has 0 aliphatic carbocycles. The number of aryl methyl sites for hydroxylation is 2. The normalized spacial score (nSPS) is 16.9. The number of Topliss-reactive ketones (excluding diaryl/α,β-unsaturated/α-hetero) is 1. The molecule has 2 nitrogen and oxygen atoms in total. The van der Waals surface area contributed by atoms with Crippen LogP contribution < -0.4 is 0 Å². The van der Waals surface area contributed by atoms with Crippen molar-refractivity contribution in [1.82, 2.24) is 4.90 Å². The first-order chi connectivity index (χ1) is 8.45. The molecule has 2 heteroatoms. The fourth-order valence-electron chi connectivity index (χ4n) is 2.68. The smallest absolute Gasteiger partial charge is 0.163 e. The van der Waals surface area contributed by atoms with Gasteiger partial charge in [-0.25, -0.2) is 0 Å². The molecular weight excluding hydrogens is 222 g/mol. The van der Waals surface area contributed by atoms with E-state index in [0.717, 1.165) is 18.7 Å². The first-order valence-electron chi connectivity index (χ1n) is 6.81. The van der Waals surface area contributed by atoms with Gasteiger partial charge in [0.25, 0.3) is 0 Å². The molecule has 0 spiro atoms. The van der Waals surface area contributed by atoms with E-state index in [-0.39, 0.29) is 0 Å². The summed E-state index contributed by atoms with van der Waals surface area (Å²) in [6, 6.07) is 6.74.